The van der Waals surface area contributed by atoms with Gasteiger partial charge >= 0.3 is 0 Å². The van der Waals surface area contributed by atoms with Crippen LogP contribution in [0.3, 0.4) is 0 Å². The van der Waals surface area contributed by atoms with Crippen LogP contribution in [0.1, 0.15) is 45.4 Å². The number of nitrogens with two attached hydrogens (primary N) is 1. The van der Waals surface area contributed by atoms with E-state index >= 15 is 0 Å². The van der Waals surface area contributed by atoms with Gasteiger partial charge in [0.1, 0.15) is 0 Å². The predicted octanol–water partition coefficient (Wildman–Crippen LogP) is 1.36. The first-order valence-corrected chi connectivity index (χ1v) is 9.08. The Morgan fingerprint density at radius 1 is 1.00 bits per heavy atom. The highest BCUT2D eigenvalue weighted by Crippen LogP contribution is 2.30. The standard InChI is InChI=1S/C17H34N4/c1-3-8-17(18)14-19(2)9-7-16(17)21-12-10-20(11-13-21)15-5-4-6-15/h15-16H,3-14,18H2,1-2H3. The molecule has 21 heavy (non-hydrogen) atoms. The Hall–Kier alpha value is -0.160. The monoisotopic (exact) mass is 294 g/mol. The third-order valence-corrected chi connectivity index (χ3v) is 6.11. The molecule has 122 valence electrons. The molecule has 3 aliphatic rings. The lowest BCUT2D eigenvalue weighted by Crippen LogP contribution is -2.69. The van der Waals surface area contributed by atoms with Crippen molar-refractivity contribution in [2.24, 2.45) is 5.73 Å². The zero-order valence-corrected chi connectivity index (χ0v) is 14.1. The van der Waals surface area contributed by atoms with Crippen LogP contribution in [-0.4, -0.2) is 78.6 Å². The summed E-state index contributed by atoms with van der Waals surface area (Å²) in [6.07, 6.45) is 7.92. The van der Waals surface area contributed by atoms with Gasteiger partial charge in [0.15, 0.2) is 0 Å². The van der Waals surface area contributed by atoms with Gasteiger partial charge in [-0.3, -0.25) is 9.80 Å². The van der Waals surface area contributed by atoms with Gasteiger partial charge in [-0.25, -0.2) is 0 Å². The Balaban J connectivity index is 1.59. The quantitative estimate of drug-likeness (QED) is 0.849. The summed E-state index contributed by atoms with van der Waals surface area (Å²) in [7, 11) is 2.22. The second-order valence-electron chi connectivity index (χ2n) is 7.68. The average Bonchev–Trinajstić information content (AvgIpc) is 2.38. The van der Waals surface area contributed by atoms with Crippen LogP contribution in [-0.2, 0) is 0 Å². The minimum absolute atomic E-state index is 0.000387. The van der Waals surface area contributed by atoms with Crippen LogP contribution in [0.25, 0.3) is 0 Å². The molecule has 2 N–H and O–H groups in total. The minimum Gasteiger partial charge on any atom is -0.323 e. The van der Waals surface area contributed by atoms with E-state index in [4.69, 9.17) is 5.73 Å². The third kappa shape index (κ3) is 3.29. The van der Waals surface area contributed by atoms with Crippen LogP contribution in [0.4, 0.5) is 0 Å². The van der Waals surface area contributed by atoms with E-state index < -0.39 is 0 Å². The Morgan fingerprint density at radius 3 is 2.24 bits per heavy atom. The first-order chi connectivity index (χ1) is 10.1. The van der Waals surface area contributed by atoms with E-state index in [-0.39, 0.29) is 5.54 Å². The van der Waals surface area contributed by atoms with Crippen molar-refractivity contribution in [2.45, 2.75) is 63.1 Å². The van der Waals surface area contributed by atoms with E-state index in [0.29, 0.717) is 6.04 Å². The van der Waals surface area contributed by atoms with E-state index in [1.165, 1.54) is 64.8 Å². The Bertz CT molecular complexity index is 336. The van der Waals surface area contributed by atoms with Gasteiger partial charge in [-0.15, -0.1) is 0 Å². The third-order valence-electron chi connectivity index (χ3n) is 6.11. The van der Waals surface area contributed by atoms with Crippen molar-refractivity contribution in [2.75, 3.05) is 46.3 Å². The van der Waals surface area contributed by atoms with Crippen molar-refractivity contribution in [3.05, 3.63) is 0 Å². The maximum Gasteiger partial charge on any atom is 0.0441 e. The molecular formula is C17H34N4. The fourth-order valence-electron chi connectivity index (χ4n) is 4.74. The average molecular weight is 294 g/mol. The van der Waals surface area contributed by atoms with Crippen LogP contribution in [0.2, 0.25) is 0 Å². The fourth-order valence-corrected chi connectivity index (χ4v) is 4.74. The Morgan fingerprint density at radius 2 is 1.67 bits per heavy atom. The summed E-state index contributed by atoms with van der Waals surface area (Å²) >= 11 is 0. The first kappa shape index (κ1) is 15.7. The molecule has 0 bridgehead atoms. The Labute approximate surface area is 130 Å². The number of rotatable bonds is 4. The minimum atomic E-state index is 0.000387. The van der Waals surface area contributed by atoms with Gasteiger partial charge in [0.25, 0.3) is 0 Å². The van der Waals surface area contributed by atoms with Gasteiger partial charge in [0.05, 0.1) is 0 Å². The highest BCUT2D eigenvalue weighted by Gasteiger charge is 2.42. The van der Waals surface area contributed by atoms with Crippen LogP contribution in [0.15, 0.2) is 0 Å². The Kier molecular flexibility index (Phi) is 4.89. The van der Waals surface area contributed by atoms with Crippen LogP contribution < -0.4 is 5.73 Å². The molecule has 0 aromatic rings. The fraction of sp³-hybridized carbons (Fsp3) is 1.00. The molecule has 2 heterocycles. The molecule has 4 nitrogen and oxygen atoms in total. The summed E-state index contributed by atoms with van der Waals surface area (Å²) in [5.41, 5.74) is 6.87. The van der Waals surface area contributed by atoms with Crippen molar-refractivity contribution in [1.29, 1.82) is 0 Å². The second kappa shape index (κ2) is 6.53. The smallest absolute Gasteiger partial charge is 0.0441 e. The summed E-state index contributed by atoms with van der Waals surface area (Å²) in [6, 6.07) is 1.50. The molecule has 1 saturated carbocycles. The summed E-state index contributed by atoms with van der Waals surface area (Å²) in [5.74, 6) is 0. The van der Waals surface area contributed by atoms with Crippen molar-refractivity contribution in [3.63, 3.8) is 0 Å². The first-order valence-electron chi connectivity index (χ1n) is 9.08. The van der Waals surface area contributed by atoms with Gasteiger partial charge in [-0.05, 0) is 39.3 Å². The second-order valence-corrected chi connectivity index (χ2v) is 7.68. The summed E-state index contributed by atoms with van der Waals surface area (Å²) in [5, 5.41) is 0. The van der Waals surface area contributed by atoms with Crippen molar-refractivity contribution < 1.29 is 0 Å². The summed E-state index contributed by atoms with van der Waals surface area (Å²) in [6.45, 7) is 9.53. The van der Waals surface area contributed by atoms with Crippen LogP contribution in [0.5, 0.6) is 0 Å². The zero-order chi connectivity index (χ0) is 14.9. The van der Waals surface area contributed by atoms with Crippen LogP contribution >= 0.6 is 0 Å². The van der Waals surface area contributed by atoms with E-state index in [0.717, 1.165) is 19.0 Å². The molecule has 0 amide bonds. The number of piperazine rings is 1. The molecule has 0 aromatic heterocycles. The van der Waals surface area contributed by atoms with E-state index in [9.17, 15) is 0 Å². The van der Waals surface area contributed by atoms with Gasteiger partial charge < -0.3 is 10.6 Å². The van der Waals surface area contributed by atoms with E-state index in [1.54, 1.807) is 0 Å². The van der Waals surface area contributed by atoms with Gasteiger partial charge in [0.2, 0.25) is 0 Å². The van der Waals surface area contributed by atoms with E-state index in [1.807, 2.05) is 0 Å². The molecule has 2 unspecified atom stereocenters. The number of hydrogen-bond donors (Lipinski definition) is 1. The molecule has 2 aliphatic heterocycles. The molecule has 0 aromatic carbocycles. The normalized spacial score (nSPS) is 37.6. The molecule has 3 rings (SSSR count). The number of likely N-dealkylation sites (tertiary alicyclic amines) is 1. The number of nitrogens with zero attached hydrogens (tertiary/aromatic N) is 3. The summed E-state index contributed by atoms with van der Waals surface area (Å²) < 4.78 is 0. The highest BCUT2D eigenvalue weighted by molar-refractivity contribution is 5.03. The largest absolute Gasteiger partial charge is 0.323 e. The van der Waals surface area contributed by atoms with Gasteiger partial charge in [0, 0.05) is 50.3 Å². The maximum absolute atomic E-state index is 6.87. The van der Waals surface area contributed by atoms with Crippen LogP contribution in [0, 0.1) is 0 Å². The maximum atomic E-state index is 6.87. The topological polar surface area (TPSA) is 35.7 Å². The van der Waals surface area contributed by atoms with Crippen molar-refractivity contribution in [3.8, 4) is 0 Å². The lowest BCUT2D eigenvalue weighted by atomic mass is 9.80. The van der Waals surface area contributed by atoms with Crippen molar-refractivity contribution in [1.82, 2.24) is 14.7 Å². The van der Waals surface area contributed by atoms with Gasteiger partial charge in [-0.1, -0.05) is 19.8 Å². The molecule has 1 aliphatic carbocycles. The lowest BCUT2D eigenvalue weighted by molar-refractivity contribution is -0.00690. The molecule has 2 atom stereocenters. The molecule has 0 radical (unpaired) electrons. The molecule has 2 saturated heterocycles. The van der Waals surface area contributed by atoms with Crippen molar-refractivity contribution >= 4 is 0 Å². The SMILES string of the molecule is CCCC1(N)CN(C)CCC1N1CCN(C2CCC2)CC1. The summed E-state index contributed by atoms with van der Waals surface area (Å²) in [4.78, 5) is 7.88. The van der Waals surface area contributed by atoms with Gasteiger partial charge in [-0.2, -0.15) is 0 Å². The zero-order valence-electron chi connectivity index (χ0n) is 14.1. The van der Waals surface area contributed by atoms with E-state index in [2.05, 4.69) is 28.7 Å². The molecule has 4 heteroatoms. The lowest BCUT2D eigenvalue weighted by Gasteiger charge is -2.52. The highest BCUT2D eigenvalue weighted by atomic mass is 15.3. The number of piperidine rings is 1. The number of likely N-dealkylation sites (N-methyl/N-ethyl adjacent to an activating group) is 1. The molecule has 0 spiro atoms. The number of hydrogen-bond acceptors (Lipinski definition) is 4. The predicted molar refractivity (Wildman–Crippen MR) is 88.5 cm³/mol. The molecule has 3 fully saturated rings. The molecular weight excluding hydrogens is 260 g/mol.